The molecular weight excluding hydrogens is 278 g/mol. The number of phenolic OH excluding ortho intramolecular Hbond substituents is 1. The van der Waals surface area contributed by atoms with Crippen LogP contribution in [0.15, 0.2) is 18.2 Å². The van der Waals surface area contributed by atoms with E-state index < -0.39 is 0 Å². The SMILES string of the molecule is CC(C)(C)C[C@@H](CO)NC(=O)Cc1ccc(O)cc1Cl. The molecule has 3 N–H and O–H groups in total. The van der Waals surface area contributed by atoms with Gasteiger partial charge in [-0.3, -0.25) is 4.79 Å². The Balaban J connectivity index is 2.62. The Morgan fingerprint density at radius 1 is 1.40 bits per heavy atom. The zero-order valence-corrected chi connectivity index (χ0v) is 12.9. The molecule has 0 spiro atoms. The Morgan fingerprint density at radius 3 is 2.55 bits per heavy atom. The molecule has 0 aliphatic carbocycles. The molecule has 0 aliphatic heterocycles. The van der Waals surface area contributed by atoms with Crippen LogP contribution >= 0.6 is 11.6 Å². The first-order valence-electron chi connectivity index (χ1n) is 6.59. The number of hydrogen-bond donors (Lipinski definition) is 3. The molecule has 1 aromatic rings. The van der Waals surface area contributed by atoms with Gasteiger partial charge >= 0.3 is 0 Å². The van der Waals surface area contributed by atoms with Crippen molar-refractivity contribution < 1.29 is 15.0 Å². The average Bonchev–Trinajstić information content (AvgIpc) is 2.30. The van der Waals surface area contributed by atoms with Crippen LogP contribution in [-0.2, 0) is 11.2 Å². The van der Waals surface area contributed by atoms with E-state index in [1.807, 2.05) is 0 Å². The minimum Gasteiger partial charge on any atom is -0.508 e. The Kier molecular flexibility index (Phi) is 5.84. The van der Waals surface area contributed by atoms with Crippen molar-refractivity contribution in [2.75, 3.05) is 6.61 Å². The molecule has 4 nitrogen and oxygen atoms in total. The quantitative estimate of drug-likeness (QED) is 0.782. The van der Waals surface area contributed by atoms with E-state index in [0.29, 0.717) is 17.0 Å². The molecule has 0 unspecified atom stereocenters. The predicted molar refractivity (Wildman–Crippen MR) is 79.9 cm³/mol. The lowest BCUT2D eigenvalue weighted by Crippen LogP contribution is -2.40. The van der Waals surface area contributed by atoms with Crippen LogP contribution in [0.3, 0.4) is 0 Å². The molecule has 0 radical (unpaired) electrons. The van der Waals surface area contributed by atoms with Crippen molar-refractivity contribution in [3.8, 4) is 5.75 Å². The van der Waals surface area contributed by atoms with E-state index in [-0.39, 0.29) is 36.1 Å². The number of nitrogens with one attached hydrogen (secondary N) is 1. The molecule has 0 saturated heterocycles. The summed E-state index contributed by atoms with van der Waals surface area (Å²) in [6.45, 7) is 6.07. The fourth-order valence-electron chi connectivity index (χ4n) is 2.03. The summed E-state index contributed by atoms with van der Waals surface area (Å²) in [6, 6.07) is 4.25. The largest absolute Gasteiger partial charge is 0.508 e. The predicted octanol–water partition coefficient (Wildman–Crippen LogP) is 2.50. The van der Waals surface area contributed by atoms with E-state index >= 15 is 0 Å². The summed E-state index contributed by atoms with van der Waals surface area (Å²) in [5.41, 5.74) is 0.672. The van der Waals surface area contributed by atoms with Crippen LogP contribution in [0.1, 0.15) is 32.8 Å². The van der Waals surface area contributed by atoms with Gasteiger partial charge in [0.1, 0.15) is 5.75 Å². The van der Waals surface area contributed by atoms with Crippen molar-refractivity contribution >= 4 is 17.5 Å². The maximum Gasteiger partial charge on any atom is 0.224 e. The number of aliphatic hydroxyl groups excluding tert-OH is 1. The number of carbonyl (C=O) groups excluding carboxylic acids is 1. The van der Waals surface area contributed by atoms with Crippen LogP contribution < -0.4 is 5.32 Å². The molecule has 5 heteroatoms. The molecule has 1 aromatic carbocycles. The van der Waals surface area contributed by atoms with E-state index in [1.54, 1.807) is 6.07 Å². The summed E-state index contributed by atoms with van der Waals surface area (Å²) in [5.74, 6) is -0.124. The molecule has 1 rings (SSSR count). The van der Waals surface area contributed by atoms with Crippen LogP contribution in [0.4, 0.5) is 0 Å². The molecule has 1 atom stereocenters. The second-order valence-corrected chi connectivity index (χ2v) is 6.57. The summed E-state index contributed by atoms with van der Waals surface area (Å²) < 4.78 is 0. The van der Waals surface area contributed by atoms with Gasteiger partial charge in [0.15, 0.2) is 0 Å². The van der Waals surface area contributed by atoms with E-state index in [1.165, 1.54) is 12.1 Å². The molecule has 0 fully saturated rings. The van der Waals surface area contributed by atoms with E-state index in [0.717, 1.165) is 0 Å². The number of hydrogen-bond acceptors (Lipinski definition) is 3. The highest BCUT2D eigenvalue weighted by atomic mass is 35.5. The van der Waals surface area contributed by atoms with Gasteiger partial charge in [-0.2, -0.15) is 0 Å². The number of rotatable bonds is 5. The Morgan fingerprint density at radius 2 is 2.05 bits per heavy atom. The molecule has 0 heterocycles. The molecule has 0 aromatic heterocycles. The number of carbonyl (C=O) groups is 1. The van der Waals surface area contributed by atoms with Gasteiger partial charge in [0, 0.05) is 5.02 Å². The first kappa shape index (κ1) is 16.8. The third-order valence-corrected chi connectivity index (χ3v) is 3.18. The normalized spacial score (nSPS) is 13.1. The highest BCUT2D eigenvalue weighted by Gasteiger charge is 2.20. The van der Waals surface area contributed by atoms with Gasteiger partial charge in [0.25, 0.3) is 0 Å². The van der Waals surface area contributed by atoms with Crippen molar-refractivity contribution in [2.45, 2.75) is 39.7 Å². The van der Waals surface area contributed by atoms with Crippen molar-refractivity contribution in [3.05, 3.63) is 28.8 Å². The van der Waals surface area contributed by atoms with Gasteiger partial charge in [-0.25, -0.2) is 0 Å². The highest BCUT2D eigenvalue weighted by molar-refractivity contribution is 6.31. The smallest absolute Gasteiger partial charge is 0.224 e. The van der Waals surface area contributed by atoms with Crippen molar-refractivity contribution in [1.29, 1.82) is 0 Å². The van der Waals surface area contributed by atoms with Crippen LogP contribution in [-0.4, -0.2) is 28.8 Å². The molecule has 0 saturated carbocycles. The monoisotopic (exact) mass is 299 g/mol. The lowest BCUT2D eigenvalue weighted by atomic mass is 9.88. The number of halogens is 1. The van der Waals surface area contributed by atoms with Gasteiger partial charge in [-0.15, -0.1) is 0 Å². The third-order valence-electron chi connectivity index (χ3n) is 2.83. The Hall–Kier alpha value is -1.26. The fourth-order valence-corrected chi connectivity index (χ4v) is 2.27. The van der Waals surface area contributed by atoms with Crippen molar-refractivity contribution in [2.24, 2.45) is 5.41 Å². The molecule has 112 valence electrons. The summed E-state index contributed by atoms with van der Waals surface area (Å²) in [6.07, 6.45) is 0.818. The van der Waals surface area contributed by atoms with Gasteiger partial charge in [-0.05, 0) is 29.5 Å². The fraction of sp³-hybridized carbons (Fsp3) is 0.533. The molecule has 0 bridgehead atoms. The van der Waals surface area contributed by atoms with Crippen LogP contribution in [0.2, 0.25) is 5.02 Å². The minimum atomic E-state index is -0.265. The number of phenols is 1. The van der Waals surface area contributed by atoms with Gasteiger partial charge in [-0.1, -0.05) is 38.4 Å². The van der Waals surface area contributed by atoms with Crippen LogP contribution in [0.25, 0.3) is 0 Å². The van der Waals surface area contributed by atoms with E-state index in [9.17, 15) is 15.0 Å². The second kappa shape index (κ2) is 6.95. The number of benzene rings is 1. The number of aromatic hydroxyl groups is 1. The lowest BCUT2D eigenvalue weighted by molar-refractivity contribution is -0.121. The van der Waals surface area contributed by atoms with E-state index in [2.05, 4.69) is 26.1 Å². The number of amides is 1. The summed E-state index contributed by atoms with van der Waals surface area (Å²) >= 11 is 5.96. The molecule has 20 heavy (non-hydrogen) atoms. The minimum absolute atomic E-state index is 0.0247. The first-order valence-corrected chi connectivity index (χ1v) is 6.96. The number of aliphatic hydroxyl groups is 1. The summed E-state index contributed by atoms with van der Waals surface area (Å²) in [4.78, 5) is 12.0. The molecular formula is C15H22ClNO3. The van der Waals surface area contributed by atoms with Crippen molar-refractivity contribution in [1.82, 2.24) is 5.32 Å². The third kappa shape index (κ3) is 5.80. The zero-order chi connectivity index (χ0) is 15.3. The van der Waals surface area contributed by atoms with E-state index in [4.69, 9.17) is 11.6 Å². The second-order valence-electron chi connectivity index (χ2n) is 6.16. The van der Waals surface area contributed by atoms with Gasteiger partial charge in [0.2, 0.25) is 5.91 Å². The maximum absolute atomic E-state index is 12.0. The molecule has 1 amide bonds. The summed E-state index contributed by atoms with van der Waals surface area (Å²) in [5, 5.41) is 21.7. The summed E-state index contributed by atoms with van der Waals surface area (Å²) in [7, 11) is 0. The Labute approximate surface area is 124 Å². The van der Waals surface area contributed by atoms with Crippen LogP contribution in [0.5, 0.6) is 5.75 Å². The highest BCUT2D eigenvalue weighted by Crippen LogP contribution is 2.23. The van der Waals surface area contributed by atoms with Gasteiger partial charge in [0.05, 0.1) is 19.1 Å². The lowest BCUT2D eigenvalue weighted by Gasteiger charge is -2.25. The zero-order valence-electron chi connectivity index (χ0n) is 12.1. The molecule has 0 aliphatic rings. The topological polar surface area (TPSA) is 69.6 Å². The van der Waals surface area contributed by atoms with Crippen LogP contribution in [0, 0.1) is 5.41 Å². The average molecular weight is 300 g/mol. The van der Waals surface area contributed by atoms with Crippen molar-refractivity contribution in [3.63, 3.8) is 0 Å². The first-order chi connectivity index (χ1) is 9.21. The Bertz CT molecular complexity index is 469. The van der Waals surface area contributed by atoms with Gasteiger partial charge < -0.3 is 15.5 Å². The maximum atomic E-state index is 12.0. The standard InChI is InChI=1S/C15H22ClNO3/c1-15(2,3)8-11(9-18)17-14(20)6-10-4-5-12(19)7-13(10)16/h4-5,7,11,18-19H,6,8-9H2,1-3H3,(H,17,20)/t11-/m0/s1.